The predicted molar refractivity (Wildman–Crippen MR) is 128 cm³/mol. The van der Waals surface area contributed by atoms with Crippen LogP contribution in [0.5, 0.6) is 0 Å². The summed E-state index contributed by atoms with van der Waals surface area (Å²) in [5.74, 6) is -1.78. The van der Waals surface area contributed by atoms with Gasteiger partial charge >= 0.3 is 0 Å². The van der Waals surface area contributed by atoms with Gasteiger partial charge in [0.1, 0.15) is 11.6 Å². The molecule has 9 heteroatoms. The number of aromatic nitrogens is 1. The Labute approximate surface area is 192 Å². The van der Waals surface area contributed by atoms with Gasteiger partial charge in [0.25, 0.3) is 0 Å². The van der Waals surface area contributed by atoms with Gasteiger partial charge in [-0.2, -0.15) is 0 Å². The Morgan fingerprint density at radius 2 is 1.72 bits per heavy atom. The van der Waals surface area contributed by atoms with Crippen molar-refractivity contribution in [3.63, 3.8) is 0 Å². The number of likely N-dealkylation sites (N-methyl/N-ethyl adjacent to an activating group) is 1. The number of sulfone groups is 1. The minimum absolute atomic E-state index is 0.0771. The molecule has 0 aliphatic rings. The topological polar surface area (TPSA) is 70.6 Å². The molecule has 1 amide bonds. The fraction of sp³-hybridized carbons (Fsp3) is 0.391. The highest BCUT2D eigenvalue weighted by Gasteiger charge is 2.27. The van der Waals surface area contributed by atoms with E-state index in [1.807, 2.05) is 39.8 Å². The highest BCUT2D eigenvalue weighted by atomic mass is 32.2. The zero-order valence-corrected chi connectivity index (χ0v) is 20.4. The first-order valence-corrected chi connectivity index (χ1v) is 13.0. The van der Waals surface area contributed by atoms with Crippen molar-refractivity contribution in [2.24, 2.45) is 0 Å². The number of hydrogen-bond acceptors (Lipinski definition) is 6. The van der Waals surface area contributed by atoms with Crippen LogP contribution in [-0.4, -0.2) is 56.1 Å². The van der Waals surface area contributed by atoms with E-state index in [1.165, 1.54) is 28.4 Å². The second-order valence-electron chi connectivity index (χ2n) is 7.71. The summed E-state index contributed by atoms with van der Waals surface area (Å²) in [6.07, 6.45) is 0. The summed E-state index contributed by atoms with van der Waals surface area (Å²) < 4.78 is 39.8. The van der Waals surface area contributed by atoms with Gasteiger partial charge in [-0.1, -0.05) is 31.3 Å². The van der Waals surface area contributed by atoms with Crippen LogP contribution >= 0.6 is 11.3 Å². The van der Waals surface area contributed by atoms with Crippen molar-refractivity contribution < 1.29 is 17.6 Å². The molecule has 0 fully saturated rings. The summed E-state index contributed by atoms with van der Waals surface area (Å²) in [6.45, 7) is 10.6. The van der Waals surface area contributed by atoms with Gasteiger partial charge in [0.15, 0.2) is 15.0 Å². The lowest BCUT2D eigenvalue weighted by Crippen LogP contribution is -2.41. The Morgan fingerprint density at radius 1 is 1.06 bits per heavy atom. The Bertz CT molecular complexity index is 1200. The van der Waals surface area contributed by atoms with E-state index in [4.69, 9.17) is 0 Å². The van der Waals surface area contributed by atoms with E-state index in [0.29, 0.717) is 18.2 Å². The number of benzene rings is 2. The third-order valence-electron chi connectivity index (χ3n) is 5.37. The van der Waals surface area contributed by atoms with E-state index in [0.717, 1.165) is 46.6 Å². The van der Waals surface area contributed by atoms with E-state index in [1.54, 1.807) is 0 Å². The number of hydrogen-bond donors (Lipinski definition) is 0. The molecular formula is C23H28FN3O3S2. The molecule has 1 aromatic heterocycles. The minimum Gasteiger partial charge on any atom is -0.302 e. The molecule has 0 aliphatic carbocycles. The average Bonchev–Trinajstić information content (AvgIpc) is 3.15. The van der Waals surface area contributed by atoms with Crippen molar-refractivity contribution in [1.82, 2.24) is 9.88 Å². The first-order chi connectivity index (χ1) is 15.1. The van der Waals surface area contributed by atoms with Gasteiger partial charge < -0.3 is 4.90 Å². The van der Waals surface area contributed by atoms with Crippen molar-refractivity contribution in [3.8, 4) is 0 Å². The molecule has 0 aliphatic heterocycles. The molecule has 0 N–H and O–H groups in total. The summed E-state index contributed by atoms with van der Waals surface area (Å²) in [6, 6.07) is 8.57. The van der Waals surface area contributed by atoms with Gasteiger partial charge in [0, 0.05) is 13.1 Å². The zero-order chi connectivity index (χ0) is 23.5. The number of thiazole rings is 1. The zero-order valence-electron chi connectivity index (χ0n) is 18.8. The summed E-state index contributed by atoms with van der Waals surface area (Å²) in [5.41, 5.74) is 2.93. The van der Waals surface area contributed by atoms with Crippen LogP contribution in [0.3, 0.4) is 0 Å². The van der Waals surface area contributed by atoms with Crippen molar-refractivity contribution in [2.45, 2.75) is 32.6 Å². The molecule has 0 atom stereocenters. The van der Waals surface area contributed by atoms with Crippen LogP contribution in [0.15, 0.2) is 41.3 Å². The second kappa shape index (κ2) is 10.1. The maximum atomic E-state index is 13.2. The molecule has 3 aromatic rings. The molecule has 1 heterocycles. The average molecular weight is 478 g/mol. The Hall–Kier alpha value is -2.36. The van der Waals surface area contributed by atoms with Gasteiger partial charge in [-0.25, -0.2) is 17.8 Å². The maximum absolute atomic E-state index is 13.2. The smallest absolute Gasteiger partial charge is 0.244 e. The normalized spacial score (nSPS) is 11.9. The monoisotopic (exact) mass is 477 g/mol. The molecule has 32 heavy (non-hydrogen) atoms. The van der Waals surface area contributed by atoms with E-state index in [-0.39, 0.29) is 4.90 Å². The van der Waals surface area contributed by atoms with E-state index >= 15 is 0 Å². The van der Waals surface area contributed by atoms with Gasteiger partial charge in [-0.3, -0.25) is 9.69 Å². The van der Waals surface area contributed by atoms with Crippen LogP contribution in [0, 0.1) is 19.7 Å². The number of aryl methyl sites for hydroxylation is 2. The fourth-order valence-electron chi connectivity index (χ4n) is 3.55. The third kappa shape index (κ3) is 5.51. The number of carbonyl (C=O) groups is 1. The van der Waals surface area contributed by atoms with Crippen molar-refractivity contribution >= 4 is 42.4 Å². The summed E-state index contributed by atoms with van der Waals surface area (Å²) in [4.78, 5) is 21.5. The number of carbonyl (C=O) groups excluding carboxylic acids is 1. The molecule has 0 unspecified atom stereocenters. The quantitative estimate of drug-likeness (QED) is 0.432. The van der Waals surface area contributed by atoms with Crippen LogP contribution in [0.1, 0.15) is 25.0 Å². The van der Waals surface area contributed by atoms with E-state index < -0.39 is 27.3 Å². The molecular weight excluding hydrogens is 449 g/mol. The number of anilines is 1. The lowest BCUT2D eigenvalue weighted by Gasteiger charge is -2.24. The van der Waals surface area contributed by atoms with Crippen molar-refractivity contribution in [1.29, 1.82) is 0 Å². The first-order valence-electron chi connectivity index (χ1n) is 10.5. The molecule has 0 saturated heterocycles. The van der Waals surface area contributed by atoms with Gasteiger partial charge in [-0.05, 0) is 68.4 Å². The van der Waals surface area contributed by atoms with Crippen LogP contribution < -0.4 is 4.90 Å². The predicted octanol–water partition coefficient (Wildman–Crippen LogP) is 4.20. The first kappa shape index (κ1) is 24.3. The van der Waals surface area contributed by atoms with Gasteiger partial charge in [0.2, 0.25) is 5.91 Å². The summed E-state index contributed by atoms with van der Waals surface area (Å²) in [7, 11) is -3.92. The molecule has 2 aromatic carbocycles. The van der Waals surface area contributed by atoms with Crippen LogP contribution in [0.2, 0.25) is 0 Å². The number of amides is 1. The minimum atomic E-state index is -3.92. The molecule has 172 valence electrons. The Kier molecular flexibility index (Phi) is 7.63. The van der Waals surface area contributed by atoms with Gasteiger partial charge in [0.05, 0.1) is 15.1 Å². The van der Waals surface area contributed by atoms with Crippen LogP contribution in [0.25, 0.3) is 10.2 Å². The lowest BCUT2D eigenvalue weighted by atomic mass is 10.1. The van der Waals surface area contributed by atoms with Crippen molar-refractivity contribution in [2.75, 3.05) is 36.8 Å². The largest absolute Gasteiger partial charge is 0.302 e. The van der Waals surface area contributed by atoms with Crippen LogP contribution in [-0.2, 0) is 14.6 Å². The molecule has 0 saturated carbocycles. The molecule has 6 nitrogen and oxygen atoms in total. The Morgan fingerprint density at radius 3 is 2.34 bits per heavy atom. The molecule has 0 spiro atoms. The number of nitrogens with zero attached hydrogens (tertiary/aromatic N) is 3. The third-order valence-corrected chi connectivity index (χ3v) is 8.01. The number of halogens is 1. The Balaban J connectivity index is 1.94. The van der Waals surface area contributed by atoms with E-state index in [9.17, 15) is 17.6 Å². The van der Waals surface area contributed by atoms with Gasteiger partial charge in [-0.15, -0.1) is 0 Å². The number of rotatable bonds is 9. The number of fused-ring (bicyclic) bond motifs is 1. The molecule has 0 bridgehead atoms. The highest BCUT2D eigenvalue weighted by Crippen LogP contribution is 2.32. The van der Waals surface area contributed by atoms with Crippen molar-refractivity contribution in [3.05, 3.63) is 53.3 Å². The molecule has 0 radical (unpaired) electrons. The van der Waals surface area contributed by atoms with E-state index in [2.05, 4.69) is 9.88 Å². The highest BCUT2D eigenvalue weighted by molar-refractivity contribution is 7.92. The standard InChI is InChI=1S/C23H28FN3O3S2/c1-5-26(6-2)11-12-27(23-25-22-17(4)13-16(3)14-20(22)31-23)21(28)15-32(29,30)19-9-7-18(24)8-10-19/h7-10,13-14H,5-6,11-12,15H2,1-4H3. The fourth-order valence-corrected chi connectivity index (χ4v) is 5.93. The summed E-state index contributed by atoms with van der Waals surface area (Å²) >= 11 is 1.38. The lowest BCUT2D eigenvalue weighted by molar-refractivity contribution is -0.116. The SMILES string of the molecule is CCN(CC)CCN(C(=O)CS(=O)(=O)c1ccc(F)cc1)c1nc2c(C)cc(C)cc2s1. The van der Waals surface area contributed by atoms with Crippen LogP contribution in [0.4, 0.5) is 9.52 Å². The maximum Gasteiger partial charge on any atom is 0.244 e. The molecule has 3 rings (SSSR count). The second-order valence-corrected chi connectivity index (χ2v) is 10.7. The summed E-state index contributed by atoms with van der Waals surface area (Å²) in [5, 5.41) is 0.486.